The first-order valence-corrected chi connectivity index (χ1v) is 7.11. The molecule has 0 atom stereocenters. The maximum Gasteiger partial charge on any atom is 0.222 e. The zero-order chi connectivity index (χ0) is 13.4. The smallest absolute Gasteiger partial charge is 0.222 e. The average Bonchev–Trinajstić information content (AvgIpc) is 2.83. The van der Waals surface area contributed by atoms with Crippen LogP contribution in [0.2, 0.25) is 0 Å². The molecule has 19 heavy (non-hydrogen) atoms. The number of anilines is 1. The SMILES string of the molecule is COc1c(Br)cc2c(c1-c1cc(N)on1)CCCC2. The highest BCUT2D eigenvalue weighted by Crippen LogP contribution is 2.43. The van der Waals surface area contributed by atoms with Gasteiger partial charge in [-0.3, -0.25) is 0 Å². The zero-order valence-corrected chi connectivity index (χ0v) is 12.3. The molecule has 1 aromatic carbocycles. The van der Waals surface area contributed by atoms with Crippen LogP contribution < -0.4 is 10.5 Å². The number of nitrogens with zero attached hydrogens (tertiary/aromatic N) is 1. The number of benzene rings is 1. The van der Waals surface area contributed by atoms with Gasteiger partial charge in [0.25, 0.3) is 0 Å². The van der Waals surface area contributed by atoms with Crippen LogP contribution in [0.25, 0.3) is 11.3 Å². The Morgan fingerprint density at radius 2 is 2.11 bits per heavy atom. The highest BCUT2D eigenvalue weighted by molar-refractivity contribution is 9.10. The van der Waals surface area contributed by atoms with Gasteiger partial charge in [-0.05, 0) is 58.8 Å². The largest absolute Gasteiger partial charge is 0.495 e. The number of rotatable bonds is 2. The number of fused-ring (bicyclic) bond motifs is 1. The van der Waals surface area contributed by atoms with Crippen molar-refractivity contribution >= 4 is 21.8 Å². The molecule has 0 aliphatic heterocycles. The van der Waals surface area contributed by atoms with Crippen LogP contribution in [0.5, 0.6) is 5.75 Å². The molecule has 1 aliphatic carbocycles. The Bertz CT molecular complexity index is 622. The quantitative estimate of drug-likeness (QED) is 0.918. The molecule has 1 aliphatic rings. The van der Waals surface area contributed by atoms with Crippen molar-refractivity contribution in [3.8, 4) is 17.0 Å². The molecule has 5 heteroatoms. The van der Waals surface area contributed by atoms with Crippen molar-refractivity contribution in [3.05, 3.63) is 27.7 Å². The highest BCUT2D eigenvalue weighted by atomic mass is 79.9. The van der Waals surface area contributed by atoms with E-state index in [0.717, 1.165) is 34.3 Å². The molecule has 0 amide bonds. The molecule has 0 saturated carbocycles. The Balaban J connectivity index is 2.27. The van der Waals surface area contributed by atoms with Gasteiger partial charge in [0, 0.05) is 6.07 Å². The zero-order valence-electron chi connectivity index (χ0n) is 10.7. The summed E-state index contributed by atoms with van der Waals surface area (Å²) >= 11 is 3.58. The second-order valence-corrected chi connectivity index (χ2v) is 5.58. The number of hydrogen-bond acceptors (Lipinski definition) is 4. The molecule has 3 rings (SSSR count). The average molecular weight is 323 g/mol. The molecule has 2 aromatic rings. The minimum Gasteiger partial charge on any atom is -0.495 e. The van der Waals surface area contributed by atoms with Gasteiger partial charge < -0.3 is 15.0 Å². The molecule has 4 nitrogen and oxygen atoms in total. The van der Waals surface area contributed by atoms with Gasteiger partial charge in [0.15, 0.2) is 0 Å². The van der Waals surface area contributed by atoms with E-state index in [1.165, 1.54) is 24.0 Å². The summed E-state index contributed by atoms with van der Waals surface area (Å²) in [6, 6.07) is 3.90. The van der Waals surface area contributed by atoms with Crippen molar-refractivity contribution in [1.82, 2.24) is 5.16 Å². The summed E-state index contributed by atoms with van der Waals surface area (Å²) in [5.74, 6) is 1.12. The number of aromatic nitrogens is 1. The Labute approximate surface area is 120 Å². The van der Waals surface area contributed by atoms with E-state index in [1.54, 1.807) is 13.2 Å². The van der Waals surface area contributed by atoms with Crippen molar-refractivity contribution in [3.63, 3.8) is 0 Å². The van der Waals surface area contributed by atoms with Gasteiger partial charge in [-0.1, -0.05) is 5.16 Å². The van der Waals surface area contributed by atoms with E-state index in [1.807, 2.05) is 0 Å². The number of halogens is 1. The van der Waals surface area contributed by atoms with Gasteiger partial charge in [0.05, 0.1) is 17.1 Å². The molecule has 1 heterocycles. The summed E-state index contributed by atoms with van der Waals surface area (Å²) in [5.41, 5.74) is 10.1. The van der Waals surface area contributed by atoms with Gasteiger partial charge in [-0.15, -0.1) is 0 Å². The molecule has 0 fully saturated rings. The van der Waals surface area contributed by atoms with Gasteiger partial charge in [-0.25, -0.2) is 0 Å². The Morgan fingerprint density at radius 3 is 2.79 bits per heavy atom. The Kier molecular flexibility index (Phi) is 3.22. The summed E-state index contributed by atoms with van der Waals surface area (Å²) in [6.45, 7) is 0. The topological polar surface area (TPSA) is 61.3 Å². The number of nitrogens with two attached hydrogens (primary N) is 1. The first kappa shape index (κ1) is 12.5. The second kappa shape index (κ2) is 4.89. The van der Waals surface area contributed by atoms with Crippen LogP contribution in [0.15, 0.2) is 21.1 Å². The van der Waals surface area contributed by atoms with Crippen LogP contribution in [-0.2, 0) is 12.8 Å². The summed E-state index contributed by atoms with van der Waals surface area (Å²) < 4.78 is 11.5. The highest BCUT2D eigenvalue weighted by Gasteiger charge is 2.23. The third kappa shape index (κ3) is 2.12. The van der Waals surface area contributed by atoms with E-state index in [9.17, 15) is 0 Å². The third-order valence-electron chi connectivity index (χ3n) is 3.55. The summed E-state index contributed by atoms with van der Waals surface area (Å²) in [4.78, 5) is 0. The molecule has 100 valence electrons. The van der Waals surface area contributed by atoms with Gasteiger partial charge >= 0.3 is 0 Å². The van der Waals surface area contributed by atoms with Crippen LogP contribution in [0.3, 0.4) is 0 Å². The molecular formula is C14H15BrN2O2. The van der Waals surface area contributed by atoms with Crippen molar-refractivity contribution in [2.24, 2.45) is 0 Å². The van der Waals surface area contributed by atoms with E-state index >= 15 is 0 Å². The van der Waals surface area contributed by atoms with Gasteiger partial charge in [0.2, 0.25) is 5.88 Å². The summed E-state index contributed by atoms with van der Waals surface area (Å²) in [7, 11) is 1.67. The molecular weight excluding hydrogens is 308 g/mol. The summed E-state index contributed by atoms with van der Waals surface area (Å²) in [5, 5.41) is 4.04. The summed E-state index contributed by atoms with van der Waals surface area (Å²) in [6.07, 6.45) is 4.56. The third-order valence-corrected chi connectivity index (χ3v) is 4.13. The van der Waals surface area contributed by atoms with Crippen LogP contribution in [0.4, 0.5) is 5.88 Å². The van der Waals surface area contributed by atoms with E-state index < -0.39 is 0 Å². The van der Waals surface area contributed by atoms with Crippen LogP contribution in [0, 0.1) is 0 Å². The van der Waals surface area contributed by atoms with Gasteiger partial charge in [-0.2, -0.15) is 0 Å². The Morgan fingerprint density at radius 1 is 1.32 bits per heavy atom. The maximum absolute atomic E-state index is 5.64. The van der Waals surface area contributed by atoms with Gasteiger partial charge in [0.1, 0.15) is 11.4 Å². The minimum atomic E-state index is 0.321. The predicted molar refractivity (Wildman–Crippen MR) is 77.2 cm³/mol. The number of aryl methyl sites for hydroxylation is 1. The van der Waals surface area contributed by atoms with Crippen molar-refractivity contribution in [2.45, 2.75) is 25.7 Å². The molecule has 2 N–H and O–H groups in total. The first-order valence-electron chi connectivity index (χ1n) is 6.31. The molecule has 0 spiro atoms. The molecule has 0 bridgehead atoms. The monoisotopic (exact) mass is 322 g/mol. The molecule has 0 radical (unpaired) electrons. The van der Waals surface area contributed by atoms with E-state index in [4.69, 9.17) is 15.0 Å². The van der Waals surface area contributed by atoms with E-state index in [2.05, 4.69) is 27.2 Å². The second-order valence-electron chi connectivity index (χ2n) is 4.73. The lowest BCUT2D eigenvalue weighted by atomic mass is 9.86. The van der Waals surface area contributed by atoms with E-state index in [0.29, 0.717) is 5.88 Å². The maximum atomic E-state index is 5.64. The fourth-order valence-corrected chi connectivity index (χ4v) is 3.36. The minimum absolute atomic E-state index is 0.321. The molecule has 0 unspecified atom stereocenters. The first-order chi connectivity index (χ1) is 9.20. The lowest BCUT2D eigenvalue weighted by molar-refractivity contribution is 0.410. The normalized spacial score (nSPS) is 14.2. The number of ether oxygens (including phenoxy) is 1. The fraction of sp³-hybridized carbons (Fsp3) is 0.357. The Hall–Kier alpha value is -1.49. The van der Waals surface area contributed by atoms with Crippen LogP contribution in [-0.4, -0.2) is 12.3 Å². The lowest BCUT2D eigenvalue weighted by Gasteiger charge is -2.21. The van der Waals surface area contributed by atoms with Crippen LogP contribution in [0.1, 0.15) is 24.0 Å². The fourth-order valence-electron chi connectivity index (χ4n) is 2.73. The molecule has 1 aromatic heterocycles. The number of hydrogen-bond donors (Lipinski definition) is 1. The molecule has 0 saturated heterocycles. The predicted octanol–water partition coefficient (Wildman–Crippen LogP) is 3.57. The van der Waals surface area contributed by atoms with Crippen molar-refractivity contribution in [2.75, 3.05) is 12.8 Å². The van der Waals surface area contributed by atoms with Crippen LogP contribution >= 0.6 is 15.9 Å². The standard InChI is InChI=1S/C14H15BrN2O2/c1-18-14-10(15)6-8-4-2-3-5-9(8)13(14)11-7-12(16)19-17-11/h6-7H,2-5,16H2,1H3. The number of nitrogen functional groups attached to an aromatic ring is 1. The van der Waals surface area contributed by atoms with E-state index in [-0.39, 0.29) is 0 Å². The lowest BCUT2D eigenvalue weighted by Crippen LogP contribution is -2.06. The van der Waals surface area contributed by atoms with Crippen molar-refractivity contribution in [1.29, 1.82) is 0 Å². The number of methoxy groups -OCH3 is 1. The van der Waals surface area contributed by atoms with Crippen molar-refractivity contribution < 1.29 is 9.26 Å².